The molecule has 1 aromatic heterocycles. The second-order valence-corrected chi connectivity index (χ2v) is 3.09. The summed E-state index contributed by atoms with van der Waals surface area (Å²) in [4.78, 5) is -0.590. The monoisotopic (exact) mass is 200 g/mol. The van der Waals surface area contributed by atoms with Crippen LogP contribution in [-0.2, 0) is 12.1 Å². The minimum atomic E-state index is -4.25. The highest BCUT2D eigenvalue weighted by molar-refractivity contribution is 7.10. The third kappa shape index (κ3) is 1.87. The second-order valence-electron chi connectivity index (χ2n) is 1.91. The molecule has 1 heterocycles. The maximum absolute atomic E-state index is 12.0. The molecule has 62 valence electrons. The lowest BCUT2D eigenvalue weighted by atomic mass is 10.3. The third-order valence-corrected chi connectivity index (χ3v) is 2.44. The first kappa shape index (κ1) is 8.87. The van der Waals surface area contributed by atoms with Gasteiger partial charge in [-0.3, -0.25) is 0 Å². The maximum atomic E-state index is 12.0. The van der Waals surface area contributed by atoms with Gasteiger partial charge in [0, 0.05) is 5.88 Å². The van der Waals surface area contributed by atoms with Crippen molar-refractivity contribution in [3.05, 3.63) is 21.9 Å². The minimum absolute atomic E-state index is 0.0850. The van der Waals surface area contributed by atoms with Crippen molar-refractivity contribution < 1.29 is 13.2 Å². The highest BCUT2D eigenvalue weighted by atomic mass is 35.5. The zero-order valence-electron chi connectivity index (χ0n) is 5.28. The van der Waals surface area contributed by atoms with Crippen LogP contribution in [0.25, 0.3) is 0 Å². The first-order valence-corrected chi connectivity index (χ1v) is 4.16. The van der Waals surface area contributed by atoms with Crippen molar-refractivity contribution in [1.82, 2.24) is 0 Å². The van der Waals surface area contributed by atoms with Gasteiger partial charge >= 0.3 is 6.18 Å². The largest absolute Gasteiger partial charge is 0.425 e. The quantitative estimate of drug-likeness (QED) is 0.609. The molecule has 0 saturated heterocycles. The van der Waals surface area contributed by atoms with Gasteiger partial charge in [0.25, 0.3) is 0 Å². The van der Waals surface area contributed by atoms with Crippen molar-refractivity contribution in [1.29, 1.82) is 0 Å². The average molecular weight is 201 g/mol. The Morgan fingerprint density at radius 2 is 2.09 bits per heavy atom. The summed E-state index contributed by atoms with van der Waals surface area (Å²) in [6.45, 7) is 0. The average Bonchev–Trinajstić information content (AvgIpc) is 2.31. The molecule has 0 amide bonds. The lowest BCUT2D eigenvalue weighted by Crippen LogP contribution is -2.04. The zero-order valence-corrected chi connectivity index (χ0v) is 6.85. The van der Waals surface area contributed by atoms with Crippen LogP contribution in [0.3, 0.4) is 0 Å². The standard InChI is InChI=1S/C6H4ClF3S/c7-3-4-1-2-11-5(4)6(8,9)10/h1-2H,3H2. The minimum Gasteiger partial charge on any atom is -0.165 e. The van der Waals surface area contributed by atoms with Gasteiger partial charge in [-0.05, 0) is 17.0 Å². The summed E-state index contributed by atoms with van der Waals surface area (Å²) in [6, 6.07) is 1.39. The van der Waals surface area contributed by atoms with Crippen LogP contribution in [0.1, 0.15) is 10.4 Å². The van der Waals surface area contributed by atoms with Gasteiger partial charge in [-0.15, -0.1) is 22.9 Å². The van der Waals surface area contributed by atoms with E-state index in [-0.39, 0.29) is 11.4 Å². The van der Waals surface area contributed by atoms with E-state index >= 15 is 0 Å². The SMILES string of the molecule is FC(F)(F)c1sccc1CCl. The van der Waals surface area contributed by atoms with E-state index in [1.54, 1.807) is 0 Å². The summed E-state index contributed by atoms with van der Waals surface area (Å²) >= 11 is 5.96. The fourth-order valence-corrected chi connectivity index (χ4v) is 1.79. The van der Waals surface area contributed by atoms with Gasteiger partial charge in [0.1, 0.15) is 4.88 Å². The normalized spacial score (nSPS) is 12.0. The molecule has 1 rings (SSSR count). The fraction of sp³-hybridized carbons (Fsp3) is 0.333. The second kappa shape index (κ2) is 3.03. The first-order chi connectivity index (χ1) is 5.05. The Balaban J connectivity index is 3.02. The predicted molar refractivity (Wildman–Crippen MR) is 38.9 cm³/mol. The van der Waals surface area contributed by atoms with Crippen molar-refractivity contribution in [2.45, 2.75) is 12.1 Å². The summed E-state index contributed by atoms with van der Waals surface area (Å²) < 4.78 is 36.1. The van der Waals surface area contributed by atoms with Crippen LogP contribution in [-0.4, -0.2) is 0 Å². The lowest BCUT2D eigenvalue weighted by Gasteiger charge is -2.04. The molecule has 0 aromatic carbocycles. The molecule has 0 aliphatic heterocycles. The molecule has 0 aliphatic carbocycles. The summed E-state index contributed by atoms with van der Waals surface area (Å²) in [5.41, 5.74) is 0.157. The molecule has 0 unspecified atom stereocenters. The molecule has 0 spiro atoms. The molecule has 0 aliphatic rings. The summed E-state index contributed by atoms with van der Waals surface area (Å²) in [6.07, 6.45) is -4.25. The van der Waals surface area contributed by atoms with Crippen LogP contribution < -0.4 is 0 Å². The summed E-state index contributed by atoms with van der Waals surface area (Å²) in [5, 5.41) is 1.39. The Kier molecular flexibility index (Phi) is 2.44. The molecule has 0 saturated carbocycles. The maximum Gasteiger partial charge on any atom is 0.425 e. The van der Waals surface area contributed by atoms with Crippen molar-refractivity contribution in [2.24, 2.45) is 0 Å². The number of halogens is 4. The Morgan fingerprint density at radius 3 is 2.45 bits per heavy atom. The van der Waals surface area contributed by atoms with Gasteiger partial charge in [0.2, 0.25) is 0 Å². The molecule has 0 N–H and O–H groups in total. The zero-order chi connectivity index (χ0) is 8.48. The van der Waals surface area contributed by atoms with Crippen LogP contribution in [0, 0.1) is 0 Å². The number of rotatable bonds is 1. The molecule has 5 heteroatoms. The summed E-state index contributed by atoms with van der Waals surface area (Å²) in [5.74, 6) is -0.0850. The van der Waals surface area contributed by atoms with Crippen LogP contribution in [0.4, 0.5) is 13.2 Å². The fourth-order valence-electron chi connectivity index (χ4n) is 0.690. The molecule has 0 bridgehead atoms. The number of hydrogen-bond acceptors (Lipinski definition) is 1. The van der Waals surface area contributed by atoms with E-state index in [1.807, 2.05) is 0 Å². The van der Waals surface area contributed by atoms with Gasteiger partial charge < -0.3 is 0 Å². The van der Waals surface area contributed by atoms with E-state index in [2.05, 4.69) is 0 Å². The van der Waals surface area contributed by atoms with Crippen molar-refractivity contribution in [2.75, 3.05) is 0 Å². The lowest BCUT2D eigenvalue weighted by molar-refractivity contribution is -0.134. The van der Waals surface area contributed by atoms with E-state index in [0.717, 1.165) is 0 Å². The van der Waals surface area contributed by atoms with Crippen molar-refractivity contribution in [3.63, 3.8) is 0 Å². The Bertz CT molecular complexity index is 240. The van der Waals surface area contributed by atoms with Crippen LogP contribution >= 0.6 is 22.9 Å². The van der Waals surface area contributed by atoms with E-state index in [9.17, 15) is 13.2 Å². The Labute approximate surface area is 70.6 Å². The molecular formula is C6H4ClF3S. The highest BCUT2D eigenvalue weighted by Gasteiger charge is 2.34. The molecule has 0 nitrogen and oxygen atoms in total. The summed E-state index contributed by atoms with van der Waals surface area (Å²) in [7, 11) is 0. The Hall–Kier alpha value is -0.220. The number of alkyl halides is 4. The van der Waals surface area contributed by atoms with E-state index < -0.39 is 11.1 Å². The van der Waals surface area contributed by atoms with Gasteiger partial charge in [0.05, 0.1) is 0 Å². The van der Waals surface area contributed by atoms with E-state index in [4.69, 9.17) is 11.6 Å². The molecule has 0 radical (unpaired) electrons. The van der Waals surface area contributed by atoms with Gasteiger partial charge in [0.15, 0.2) is 0 Å². The predicted octanol–water partition coefficient (Wildman–Crippen LogP) is 3.51. The van der Waals surface area contributed by atoms with Crippen LogP contribution in [0.15, 0.2) is 11.4 Å². The van der Waals surface area contributed by atoms with Crippen LogP contribution in [0.5, 0.6) is 0 Å². The van der Waals surface area contributed by atoms with Crippen molar-refractivity contribution >= 4 is 22.9 Å². The van der Waals surface area contributed by atoms with Gasteiger partial charge in [-0.25, -0.2) is 0 Å². The molecule has 1 aromatic rings. The third-order valence-electron chi connectivity index (χ3n) is 1.15. The topological polar surface area (TPSA) is 0 Å². The molecular weight excluding hydrogens is 197 g/mol. The molecule has 0 atom stereocenters. The van der Waals surface area contributed by atoms with Gasteiger partial charge in [-0.1, -0.05) is 0 Å². The smallest absolute Gasteiger partial charge is 0.165 e. The van der Waals surface area contributed by atoms with E-state index in [0.29, 0.717) is 11.3 Å². The van der Waals surface area contributed by atoms with Crippen LogP contribution in [0.2, 0.25) is 0 Å². The molecule has 0 fully saturated rings. The molecule has 11 heavy (non-hydrogen) atoms. The van der Waals surface area contributed by atoms with Crippen molar-refractivity contribution in [3.8, 4) is 0 Å². The first-order valence-electron chi connectivity index (χ1n) is 2.75. The van der Waals surface area contributed by atoms with Gasteiger partial charge in [-0.2, -0.15) is 13.2 Å². The number of hydrogen-bond donors (Lipinski definition) is 0. The van der Waals surface area contributed by atoms with E-state index in [1.165, 1.54) is 11.4 Å². The highest BCUT2D eigenvalue weighted by Crippen LogP contribution is 2.36. The number of thiophene rings is 1. The Morgan fingerprint density at radius 1 is 1.45 bits per heavy atom.